The number of amides is 2. The third kappa shape index (κ3) is 4.46. The second kappa shape index (κ2) is 6.33. The van der Waals surface area contributed by atoms with E-state index in [0.29, 0.717) is 6.42 Å². The molecule has 8 heteroatoms. The van der Waals surface area contributed by atoms with E-state index < -0.39 is 33.8 Å². The second-order valence-electron chi connectivity index (χ2n) is 4.71. The van der Waals surface area contributed by atoms with E-state index in [1.807, 2.05) is 0 Å². The molecule has 0 aromatic heterocycles. The summed E-state index contributed by atoms with van der Waals surface area (Å²) in [5.74, 6) is -1.59. The van der Waals surface area contributed by atoms with Crippen molar-refractivity contribution in [2.75, 3.05) is 24.6 Å². The summed E-state index contributed by atoms with van der Waals surface area (Å²) < 4.78 is 22.8. The van der Waals surface area contributed by atoms with Crippen molar-refractivity contribution in [3.05, 3.63) is 0 Å². The van der Waals surface area contributed by atoms with Crippen LogP contribution in [0.1, 0.15) is 20.3 Å². The zero-order valence-electron chi connectivity index (χ0n) is 11.1. The molecule has 0 saturated carbocycles. The van der Waals surface area contributed by atoms with Crippen LogP contribution in [0.2, 0.25) is 0 Å². The van der Waals surface area contributed by atoms with Crippen molar-refractivity contribution in [3.63, 3.8) is 0 Å². The Balaban J connectivity index is 2.64. The number of carbonyl (C=O) groups excluding carboxylic acids is 2. The Hall–Kier alpha value is -1.15. The van der Waals surface area contributed by atoms with Crippen molar-refractivity contribution < 1.29 is 23.1 Å². The van der Waals surface area contributed by atoms with Gasteiger partial charge in [-0.05, 0) is 20.3 Å². The number of nitrogens with one attached hydrogen (secondary N) is 1. The molecule has 0 aromatic rings. The van der Waals surface area contributed by atoms with Crippen LogP contribution in [0.3, 0.4) is 0 Å². The summed E-state index contributed by atoms with van der Waals surface area (Å²) in [7, 11) is -3.10. The van der Waals surface area contributed by atoms with Gasteiger partial charge in [0.05, 0.1) is 17.6 Å². The normalized spacial score (nSPS) is 22.8. The SMILES string of the molecule is CCN(C(=O)C(=O)NCC(C)O)C1CCS(=O)(=O)C1. The Morgan fingerprint density at radius 2 is 2.11 bits per heavy atom. The smallest absolute Gasteiger partial charge is 0.312 e. The number of aliphatic hydroxyl groups is 1. The first-order chi connectivity index (χ1) is 8.76. The van der Waals surface area contributed by atoms with Gasteiger partial charge < -0.3 is 15.3 Å². The summed E-state index contributed by atoms with van der Waals surface area (Å²) >= 11 is 0. The molecule has 7 nitrogen and oxygen atoms in total. The molecule has 2 amide bonds. The molecule has 2 N–H and O–H groups in total. The second-order valence-corrected chi connectivity index (χ2v) is 6.94. The van der Waals surface area contributed by atoms with Gasteiger partial charge >= 0.3 is 11.8 Å². The number of aliphatic hydroxyl groups excluding tert-OH is 1. The molecule has 1 saturated heterocycles. The highest BCUT2D eigenvalue weighted by atomic mass is 32.2. The van der Waals surface area contributed by atoms with Gasteiger partial charge in [0.25, 0.3) is 0 Å². The number of hydrogen-bond donors (Lipinski definition) is 2. The molecule has 1 fully saturated rings. The monoisotopic (exact) mass is 292 g/mol. The summed E-state index contributed by atoms with van der Waals surface area (Å²) in [4.78, 5) is 24.8. The highest BCUT2D eigenvalue weighted by molar-refractivity contribution is 7.91. The molecule has 1 heterocycles. The minimum atomic E-state index is -3.10. The topological polar surface area (TPSA) is 104 Å². The van der Waals surface area contributed by atoms with E-state index in [-0.39, 0.29) is 24.6 Å². The maximum absolute atomic E-state index is 11.9. The molecular formula is C11H20N2O5S. The van der Waals surface area contributed by atoms with Crippen molar-refractivity contribution >= 4 is 21.7 Å². The van der Waals surface area contributed by atoms with Crippen LogP contribution in [0.4, 0.5) is 0 Å². The fraction of sp³-hybridized carbons (Fsp3) is 0.818. The Kier molecular flexibility index (Phi) is 5.30. The van der Waals surface area contributed by atoms with Crippen molar-refractivity contribution in [1.82, 2.24) is 10.2 Å². The predicted molar refractivity (Wildman–Crippen MR) is 69.1 cm³/mol. The van der Waals surface area contributed by atoms with Gasteiger partial charge in [0.15, 0.2) is 9.84 Å². The first-order valence-electron chi connectivity index (χ1n) is 6.24. The van der Waals surface area contributed by atoms with E-state index in [0.717, 1.165) is 0 Å². The fourth-order valence-electron chi connectivity index (χ4n) is 2.04. The van der Waals surface area contributed by atoms with Crippen molar-refractivity contribution in [2.24, 2.45) is 0 Å². The third-order valence-electron chi connectivity index (χ3n) is 3.00. The number of nitrogens with zero attached hydrogens (tertiary/aromatic N) is 1. The molecule has 0 bridgehead atoms. The molecule has 2 unspecified atom stereocenters. The summed E-state index contributed by atoms with van der Waals surface area (Å²) in [6.07, 6.45) is -0.371. The predicted octanol–water partition coefficient (Wildman–Crippen LogP) is -1.48. The zero-order chi connectivity index (χ0) is 14.6. The Morgan fingerprint density at radius 3 is 2.53 bits per heavy atom. The fourth-order valence-corrected chi connectivity index (χ4v) is 3.77. The standard InChI is InChI=1S/C11H20N2O5S/c1-3-13(9-4-5-19(17,18)7-9)11(16)10(15)12-6-8(2)14/h8-9,14H,3-7H2,1-2H3,(H,12,15). The van der Waals surface area contributed by atoms with Crippen LogP contribution in [-0.2, 0) is 19.4 Å². The van der Waals surface area contributed by atoms with Crippen LogP contribution in [-0.4, -0.2) is 67.0 Å². The molecule has 0 aliphatic carbocycles. The lowest BCUT2D eigenvalue weighted by atomic mass is 10.2. The van der Waals surface area contributed by atoms with Crippen LogP contribution < -0.4 is 5.32 Å². The van der Waals surface area contributed by atoms with Gasteiger partial charge in [0.1, 0.15) is 0 Å². The van der Waals surface area contributed by atoms with E-state index in [9.17, 15) is 18.0 Å². The first-order valence-corrected chi connectivity index (χ1v) is 8.06. The lowest BCUT2D eigenvalue weighted by Crippen LogP contribution is -2.49. The maximum Gasteiger partial charge on any atom is 0.312 e. The van der Waals surface area contributed by atoms with E-state index in [1.54, 1.807) is 6.92 Å². The first kappa shape index (κ1) is 15.9. The zero-order valence-corrected chi connectivity index (χ0v) is 11.9. The minimum Gasteiger partial charge on any atom is -0.392 e. The van der Waals surface area contributed by atoms with Crippen molar-refractivity contribution in [1.29, 1.82) is 0 Å². The van der Waals surface area contributed by atoms with Crippen LogP contribution in [0.15, 0.2) is 0 Å². The molecule has 110 valence electrons. The summed E-state index contributed by atoms with van der Waals surface area (Å²) in [5, 5.41) is 11.4. The lowest BCUT2D eigenvalue weighted by molar-refractivity contribution is -0.147. The highest BCUT2D eigenvalue weighted by Gasteiger charge is 2.35. The molecular weight excluding hydrogens is 272 g/mol. The van der Waals surface area contributed by atoms with Crippen LogP contribution in [0.5, 0.6) is 0 Å². The average molecular weight is 292 g/mol. The van der Waals surface area contributed by atoms with Crippen LogP contribution in [0, 0.1) is 0 Å². The third-order valence-corrected chi connectivity index (χ3v) is 4.75. The van der Waals surface area contributed by atoms with Gasteiger partial charge in [-0.3, -0.25) is 9.59 Å². The van der Waals surface area contributed by atoms with Gasteiger partial charge in [-0.25, -0.2) is 8.42 Å². The van der Waals surface area contributed by atoms with E-state index >= 15 is 0 Å². The molecule has 0 radical (unpaired) electrons. The van der Waals surface area contributed by atoms with E-state index in [2.05, 4.69) is 5.32 Å². The number of rotatable bonds is 4. The quantitative estimate of drug-likeness (QED) is 0.615. The molecule has 19 heavy (non-hydrogen) atoms. The van der Waals surface area contributed by atoms with Crippen LogP contribution in [0.25, 0.3) is 0 Å². The Bertz CT molecular complexity index is 446. The lowest BCUT2D eigenvalue weighted by Gasteiger charge is -2.26. The molecule has 0 aromatic carbocycles. The molecule has 1 rings (SSSR count). The Morgan fingerprint density at radius 1 is 1.47 bits per heavy atom. The van der Waals surface area contributed by atoms with Gasteiger partial charge in [-0.1, -0.05) is 0 Å². The highest BCUT2D eigenvalue weighted by Crippen LogP contribution is 2.17. The van der Waals surface area contributed by atoms with Gasteiger partial charge in [-0.2, -0.15) is 0 Å². The number of carbonyl (C=O) groups is 2. The average Bonchev–Trinajstić information content (AvgIpc) is 2.67. The number of sulfone groups is 1. The number of hydrogen-bond acceptors (Lipinski definition) is 5. The minimum absolute atomic E-state index is 0.00884. The summed E-state index contributed by atoms with van der Waals surface area (Å²) in [5.41, 5.74) is 0. The van der Waals surface area contributed by atoms with Crippen molar-refractivity contribution in [3.8, 4) is 0 Å². The number of likely N-dealkylation sites (N-methyl/N-ethyl adjacent to an activating group) is 1. The maximum atomic E-state index is 11.9. The van der Waals surface area contributed by atoms with Crippen LogP contribution >= 0.6 is 0 Å². The largest absolute Gasteiger partial charge is 0.392 e. The van der Waals surface area contributed by atoms with Crippen molar-refractivity contribution in [2.45, 2.75) is 32.4 Å². The van der Waals surface area contributed by atoms with Gasteiger partial charge in [-0.15, -0.1) is 0 Å². The molecule has 2 atom stereocenters. The van der Waals surface area contributed by atoms with Gasteiger partial charge in [0, 0.05) is 19.1 Å². The molecule has 1 aliphatic heterocycles. The molecule has 0 spiro atoms. The Labute approximate surface area is 112 Å². The molecule has 1 aliphatic rings. The summed E-state index contributed by atoms with van der Waals surface area (Å²) in [6, 6.07) is -0.431. The van der Waals surface area contributed by atoms with Gasteiger partial charge in [0.2, 0.25) is 0 Å². The van der Waals surface area contributed by atoms with E-state index in [1.165, 1.54) is 11.8 Å². The van der Waals surface area contributed by atoms with E-state index in [4.69, 9.17) is 5.11 Å². The summed E-state index contributed by atoms with van der Waals surface area (Å²) in [6.45, 7) is 3.46.